The number of methoxy groups -OCH3 is 1. The second-order valence-electron chi connectivity index (χ2n) is 12.4. The first-order valence-electron chi connectivity index (χ1n) is 15.6. The fourth-order valence-corrected chi connectivity index (χ4v) is 6.95. The highest BCUT2D eigenvalue weighted by atomic mass is 19.1. The van der Waals surface area contributed by atoms with Crippen LogP contribution < -0.4 is 17.0 Å². The number of fused-ring (bicyclic) bond motifs is 1. The molecule has 2 N–H and O–H groups in total. The number of ether oxygens (including phenoxy) is 1. The molecule has 0 bridgehead atoms. The standard InChI is InChI=1S/C34H43F2N5O4/c1-21-30-27(35)12-13-28(36)32(30)41(15-6-16-45-4)31(21)24-7-5-14-40(19-24)29(42)18-25(37)17-22-8-10-23(11-9-22)26-20-38(2)34(44)39(3)33(26)43/h8-11,13,20,24-25,27H,5-7,12,14-19,37H2,1-4H3/t24?,25-,27?/m1/s1. The predicted octanol–water partition coefficient (Wildman–Crippen LogP) is 4.29. The van der Waals surface area contributed by atoms with Gasteiger partial charge in [-0.15, -0.1) is 0 Å². The Bertz CT molecular complexity index is 1700. The second-order valence-corrected chi connectivity index (χ2v) is 12.4. The number of aromatic nitrogens is 3. The maximum absolute atomic E-state index is 15.1. The fraction of sp³-hybridized carbons (Fsp3) is 0.500. The van der Waals surface area contributed by atoms with Gasteiger partial charge in [0.1, 0.15) is 12.0 Å². The minimum absolute atomic E-state index is 0.0305. The molecule has 5 rings (SSSR count). The molecule has 2 aliphatic rings. The molecular weight excluding hydrogens is 580 g/mol. The molecule has 0 saturated carbocycles. The van der Waals surface area contributed by atoms with Crippen molar-refractivity contribution >= 4 is 11.7 Å². The number of carbonyl (C=O) groups is 1. The van der Waals surface area contributed by atoms with Gasteiger partial charge in [0.15, 0.2) is 0 Å². The molecule has 3 heterocycles. The number of benzene rings is 1. The average molecular weight is 624 g/mol. The molecule has 1 amide bonds. The van der Waals surface area contributed by atoms with Gasteiger partial charge in [-0.3, -0.25) is 14.2 Å². The summed E-state index contributed by atoms with van der Waals surface area (Å²) in [7, 11) is 4.68. The van der Waals surface area contributed by atoms with Crippen molar-refractivity contribution in [2.45, 2.75) is 70.1 Å². The van der Waals surface area contributed by atoms with Gasteiger partial charge in [0.05, 0.1) is 11.3 Å². The predicted molar refractivity (Wildman–Crippen MR) is 170 cm³/mol. The van der Waals surface area contributed by atoms with Gasteiger partial charge < -0.3 is 24.5 Å². The van der Waals surface area contributed by atoms with E-state index >= 15 is 8.78 Å². The van der Waals surface area contributed by atoms with E-state index in [0.29, 0.717) is 61.5 Å². The minimum Gasteiger partial charge on any atom is -0.385 e. The van der Waals surface area contributed by atoms with Gasteiger partial charge in [-0.05, 0) is 55.4 Å². The van der Waals surface area contributed by atoms with Crippen LogP contribution >= 0.6 is 0 Å². The van der Waals surface area contributed by atoms with Crippen LogP contribution in [-0.4, -0.2) is 57.4 Å². The van der Waals surface area contributed by atoms with Crippen molar-refractivity contribution in [3.63, 3.8) is 0 Å². The third kappa shape index (κ3) is 6.60. The number of likely N-dealkylation sites (tertiary alicyclic amines) is 1. The molecule has 9 nitrogen and oxygen atoms in total. The van der Waals surface area contributed by atoms with E-state index in [4.69, 9.17) is 10.5 Å². The van der Waals surface area contributed by atoms with E-state index in [0.717, 1.165) is 34.2 Å². The van der Waals surface area contributed by atoms with Gasteiger partial charge in [-0.25, -0.2) is 13.6 Å². The van der Waals surface area contributed by atoms with E-state index in [9.17, 15) is 14.4 Å². The van der Waals surface area contributed by atoms with E-state index in [1.165, 1.54) is 23.9 Å². The smallest absolute Gasteiger partial charge is 0.330 e. The lowest BCUT2D eigenvalue weighted by molar-refractivity contribution is -0.132. The zero-order valence-electron chi connectivity index (χ0n) is 26.5. The summed E-state index contributed by atoms with van der Waals surface area (Å²) in [4.78, 5) is 39.9. The lowest BCUT2D eigenvalue weighted by Crippen LogP contribution is -2.42. The molecule has 242 valence electrons. The van der Waals surface area contributed by atoms with Crippen LogP contribution in [0.4, 0.5) is 8.78 Å². The van der Waals surface area contributed by atoms with Crippen molar-refractivity contribution in [3.8, 4) is 11.1 Å². The first-order valence-corrected chi connectivity index (χ1v) is 15.6. The first-order chi connectivity index (χ1) is 21.5. The first kappa shape index (κ1) is 32.6. The van der Waals surface area contributed by atoms with Gasteiger partial charge in [-0.1, -0.05) is 24.3 Å². The van der Waals surface area contributed by atoms with Crippen LogP contribution in [0.5, 0.6) is 0 Å². The summed E-state index contributed by atoms with van der Waals surface area (Å²) < 4.78 is 39.8. The van der Waals surface area contributed by atoms with Gasteiger partial charge in [0.25, 0.3) is 5.56 Å². The number of hydrogen-bond acceptors (Lipinski definition) is 5. The molecule has 3 aromatic rings. The summed E-state index contributed by atoms with van der Waals surface area (Å²) in [5.41, 5.74) is 10.2. The average Bonchev–Trinajstić information content (AvgIpc) is 3.33. The molecule has 11 heteroatoms. The van der Waals surface area contributed by atoms with Gasteiger partial charge in [0, 0.05) is 89.7 Å². The monoisotopic (exact) mass is 623 g/mol. The third-order valence-electron chi connectivity index (χ3n) is 9.18. The zero-order chi connectivity index (χ0) is 32.4. The summed E-state index contributed by atoms with van der Waals surface area (Å²) in [6.45, 7) is 4.00. The van der Waals surface area contributed by atoms with E-state index < -0.39 is 12.2 Å². The largest absolute Gasteiger partial charge is 0.385 e. The van der Waals surface area contributed by atoms with Gasteiger partial charge >= 0.3 is 5.69 Å². The normalized spacial score (nSPS) is 18.9. The maximum atomic E-state index is 15.1. The van der Waals surface area contributed by atoms with E-state index in [-0.39, 0.29) is 41.7 Å². The molecular formula is C34H43F2N5O4. The molecule has 0 spiro atoms. The van der Waals surface area contributed by atoms with Gasteiger partial charge in [0.2, 0.25) is 5.91 Å². The van der Waals surface area contributed by atoms with Crippen molar-refractivity contribution in [1.82, 2.24) is 18.6 Å². The maximum Gasteiger partial charge on any atom is 0.330 e. The highest BCUT2D eigenvalue weighted by molar-refractivity contribution is 5.77. The lowest BCUT2D eigenvalue weighted by Gasteiger charge is -2.34. The summed E-state index contributed by atoms with van der Waals surface area (Å²) in [6.07, 6.45) is 4.59. The molecule has 2 unspecified atom stereocenters. The number of halogens is 2. The van der Waals surface area contributed by atoms with Crippen LogP contribution in [-0.2, 0) is 36.6 Å². The highest BCUT2D eigenvalue weighted by Gasteiger charge is 2.35. The number of piperidine rings is 1. The second kappa shape index (κ2) is 13.7. The Morgan fingerprint density at radius 1 is 1.18 bits per heavy atom. The Morgan fingerprint density at radius 2 is 1.91 bits per heavy atom. The van der Waals surface area contributed by atoms with Crippen LogP contribution in [0.15, 0.2) is 46.1 Å². The number of rotatable bonds is 10. The molecule has 1 aromatic carbocycles. The molecule has 1 saturated heterocycles. The number of hydrogen-bond donors (Lipinski definition) is 1. The van der Waals surface area contributed by atoms with Crippen LogP contribution in [0.25, 0.3) is 17.0 Å². The van der Waals surface area contributed by atoms with Crippen LogP contribution in [0, 0.1) is 6.92 Å². The number of amides is 1. The molecule has 1 aliphatic heterocycles. The SMILES string of the molecule is COCCCn1c2c(c(C)c1C1CCCN(C(=O)C[C@H](N)Cc3ccc(-c4cn(C)c(=O)n(C)c4=O)cc3)C1)C(F)CC=C2F. The number of allylic oxidation sites excluding steroid dienone is 1. The number of nitrogens with two attached hydrogens (primary N) is 1. The number of nitrogens with zero attached hydrogens (tertiary/aromatic N) is 4. The lowest BCUT2D eigenvalue weighted by atomic mass is 9.90. The summed E-state index contributed by atoms with van der Waals surface area (Å²) >= 11 is 0. The number of alkyl halides is 1. The Balaban J connectivity index is 1.27. The molecule has 45 heavy (non-hydrogen) atoms. The van der Waals surface area contributed by atoms with Crippen molar-refractivity contribution < 1.29 is 18.3 Å². The summed E-state index contributed by atoms with van der Waals surface area (Å²) in [5.74, 6) is -0.457. The van der Waals surface area contributed by atoms with Crippen molar-refractivity contribution in [2.24, 2.45) is 19.8 Å². The molecule has 1 fully saturated rings. The molecule has 3 atom stereocenters. The minimum atomic E-state index is -1.25. The topological polar surface area (TPSA) is 104 Å². The Labute approximate surface area is 261 Å². The van der Waals surface area contributed by atoms with Gasteiger partial charge in [-0.2, -0.15) is 0 Å². The summed E-state index contributed by atoms with van der Waals surface area (Å²) in [5, 5.41) is 0. The third-order valence-corrected chi connectivity index (χ3v) is 9.18. The Kier molecular flexibility index (Phi) is 9.88. The molecule has 0 radical (unpaired) electrons. The highest BCUT2D eigenvalue weighted by Crippen LogP contribution is 2.44. The summed E-state index contributed by atoms with van der Waals surface area (Å²) in [6, 6.07) is 7.01. The zero-order valence-corrected chi connectivity index (χ0v) is 26.5. The molecule has 1 aliphatic carbocycles. The number of carbonyl (C=O) groups excluding carboxylic acids is 1. The van der Waals surface area contributed by atoms with E-state index in [2.05, 4.69) is 0 Å². The van der Waals surface area contributed by atoms with Crippen molar-refractivity contribution in [3.05, 3.63) is 85.5 Å². The van der Waals surface area contributed by atoms with Crippen molar-refractivity contribution in [1.29, 1.82) is 0 Å². The number of aryl methyl sites for hydroxylation is 1. The van der Waals surface area contributed by atoms with Crippen LogP contribution in [0.2, 0.25) is 0 Å². The van der Waals surface area contributed by atoms with Crippen LogP contribution in [0.3, 0.4) is 0 Å². The quantitative estimate of drug-likeness (QED) is 0.340. The Morgan fingerprint density at radius 3 is 2.62 bits per heavy atom. The Hall–Kier alpha value is -3.83. The van der Waals surface area contributed by atoms with E-state index in [1.807, 2.05) is 40.7 Å². The fourth-order valence-electron chi connectivity index (χ4n) is 6.95. The van der Waals surface area contributed by atoms with Crippen LogP contribution in [0.1, 0.15) is 72.3 Å². The van der Waals surface area contributed by atoms with Crippen molar-refractivity contribution in [2.75, 3.05) is 26.8 Å². The molecule has 2 aromatic heterocycles. The van der Waals surface area contributed by atoms with E-state index in [1.54, 1.807) is 14.2 Å².